The maximum atomic E-state index is 13.8. The SMILES string of the molecule is Cc1c(-c2ccc(-c3ccc4c(c3)N(C(=O)Nc3nc5ccccc5s3)CCC4)nc2C(=O)O)cnn1CC12CC3(C)CC(C)(C1)CC(OCCN(C)C(=O)OCc1ccc(OCCOCCNC(=O)CCCCCN4C(=O)C=CC4=O)cc1O[C@H]1C[C@@H](O)C[C@@H](C(=O)O)O1)(C3)C2. The number of urea groups is 1. The number of pyridine rings is 1. The Morgan fingerprint density at radius 1 is 0.845 bits per heavy atom. The molecule has 97 heavy (non-hydrogen) atoms. The molecule has 3 aromatic heterocycles. The molecule has 7 aliphatic rings. The van der Waals surface area contributed by atoms with Crippen molar-refractivity contribution in [3.63, 3.8) is 0 Å². The third-order valence-electron chi connectivity index (χ3n) is 19.5. The maximum Gasteiger partial charge on any atom is 0.409 e. The molecule has 6 amide bonds. The molecule has 4 bridgehead atoms. The quantitative estimate of drug-likeness (QED) is 0.0225. The number of aromatic nitrogens is 4. The molecule has 4 saturated carbocycles. The van der Waals surface area contributed by atoms with E-state index in [9.17, 15) is 48.9 Å². The van der Waals surface area contributed by atoms with Crippen molar-refractivity contribution in [2.24, 2.45) is 16.2 Å². The van der Waals surface area contributed by atoms with Gasteiger partial charge < -0.3 is 54.0 Å². The molecular formula is C71H83N9O16S. The number of benzene rings is 3. The summed E-state index contributed by atoms with van der Waals surface area (Å²) in [7, 11) is 1.64. The highest BCUT2D eigenvalue weighted by Crippen LogP contribution is 2.72. The van der Waals surface area contributed by atoms with Gasteiger partial charge in [-0.25, -0.2) is 29.1 Å². The monoisotopic (exact) mass is 1350 g/mol. The first-order valence-corrected chi connectivity index (χ1v) is 34.1. The maximum absolute atomic E-state index is 13.8. The number of imide groups is 1. The van der Waals surface area contributed by atoms with Gasteiger partial charge in [-0.15, -0.1) is 0 Å². The van der Waals surface area contributed by atoms with Crippen molar-refractivity contribution in [2.45, 2.75) is 148 Å². The highest BCUT2D eigenvalue weighted by Gasteiger charge is 2.66. The number of aliphatic hydroxyl groups is 1. The number of aliphatic hydroxyl groups excluding tert-OH is 1. The van der Waals surface area contributed by atoms with E-state index in [0.29, 0.717) is 84.1 Å². The molecule has 2 unspecified atom stereocenters. The zero-order valence-electron chi connectivity index (χ0n) is 55.1. The van der Waals surface area contributed by atoms with E-state index in [-0.39, 0.29) is 110 Å². The van der Waals surface area contributed by atoms with Gasteiger partial charge in [0.15, 0.2) is 16.9 Å². The number of rotatable bonds is 28. The van der Waals surface area contributed by atoms with Crippen molar-refractivity contribution < 1.29 is 77.3 Å². The van der Waals surface area contributed by atoms with Crippen LogP contribution in [0.1, 0.15) is 125 Å². The summed E-state index contributed by atoms with van der Waals surface area (Å²) in [5.41, 5.74) is 5.30. The van der Waals surface area contributed by atoms with E-state index in [1.807, 2.05) is 60.1 Å². The molecule has 1 saturated heterocycles. The minimum atomic E-state index is -1.30. The number of nitrogens with zero attached hydrogens (tertiary/aromatic N) is 7. The Kier molecular flexibility index (Phi) is 20.2. The first-order valence-electron chi connectivity index (χ1n) is 33.3. The smallest absolute Gasteiger partial charge is 0.409 e. The van der Waals surface area contributed by atoms with Crippen LogP contribution in [0.3, 0.4) is 0 Å². The van der Waals surface area contributed by atoms with E-state index >= 15 is 0 Å². The molecule has 6 heterocycles. The van der Waals surface area contributed by atoms with Crippen molar-refractivity contribution in [3.8, 4) is 33.9 Å². The van der Waals surface area contributed by atoms with Gasteiger partial charge in [0, 0.05) is 111 Å². The number of likely N-dealkylation sites (N-methyl/N-ethyl adjacent to an activating group) is 1. The lowest BCUT2D eigenvalue weighted by Gasteiger charge is -2.69. The Morgan fingerprint density at radius 2 is 1.64 bits per heavy atom. The highest BCUT2D eigenvalue weighted by molar-refractivity contribution is 7.22. The normalized spacial score (nSPS) is 23.9. The van der Waals surface area contributed by atoms with Gasteiger partial charge in [0.1, 0.15) is 24.7 Å². The number of carboxylic acid groups (broad SMARTS) is 2. The number of carbonyl (C=O) groups is 7. The summed E-state index contributed by atoms with van der Waals surface area (Å²) in [6.07, 6.45) is 9.42. The Labute approximate surface area is 565 Å². The molecule has 4 aliphatic carbocycles. The van der Waals surface area contributed by atoms with E-state index in [4.69, 9.17) is 38.5 Å². The highest BCUT2D eigenvalue weighted by atomic mass is 32.1. The summed E-state index contributed by atoms with van der Waals surface area (Å²) in [5, 5.41) is 42.3. The van der Waals surface area contributed by atoms with Gasteiger partial charge in [-0.3, -0.25) is 34.2 Å². The number of unbranched alkanes of at least 4 members (excludes halogenated alkanes) is 2. The van der Waals surface area contributed by atoms with Crippen LogP contribution in [0.2, 0.25) is 0 Å². The number of carbonyl (C=O) groups excluding carboxylic acids is 5. The average Bonchev–Trinajstić information content (AvgIpc) is 0.811. The van der Waals surface area contributed by atoms with Crippen LogP contribution in [-0.4, -0.2) is 170 Å². The van der Waals surface area contributed by atoms with Crippen LogP contribution in [-0.2, 0) is 57.7 Å². The fourth-order valence-electron chi connectivity index (χ4n) is 16.3. The lowest BCUT2D eigenvalue weighted by Crippen LogP contribution is -2.64. The molecular weight excluding hydrogens is 1270 g/mol. The number of aliphatic carboxylic acids is 1. The summed E-state index contributed by atoms with van der Waals surface area (Å²) in [6, 6.07) is 21.8. The molecule has 5 fully saturated rings. The van der Waals surface area contributed by atoms with Crippen molar-refractivity contribution >= 4 is 74.2 Å². The molecule has 514 valence electrons. The van der Waals surface area contributed by atoms with E-state index in [1.165, 1.54) is 33.3 Å². The van der Waals surface area contributed by atoms with Crippen LogP contribution in [0.15, 0.2) is 91.1 Å². The molecule has 13 rings (SSSR count). The molecule has 3 aliphatic heterocycles. The third-order valence-corrected chi connectivity index (χ3v) is 20.4. The van der Waals surface area contributed by atoms with Gasteiger partial charge >= 0.3 is 24.1 Å². The number of carboxylic acids is 2. The van der Waals surface area contributed by atoms with Gasteiger partial charge in [-0.05, 0) is 135 Å². The van der Waals surface area contributed by atoms with E-state index in [1.54, 1.807) is 42.4 Å². The Balaban J connectivity index is 0.643. The summed E-state index contributed by atoms with van der Waals surface area (Å²) in [4.78, 5) is 102. The number of aromatic carboxylic acids is 1. The first-order chi connectivity index (χ1) is 46.5. The summed E-state index contributed by atoms with van der Waals surface area (Å²) in [6.45, 7) is 9.21. The van der Waals surface area contributed by atoms with Crippen molar-refractivity contribution in [2.75, 3.05) is 69.9 Å². The van der Waals surface area contributed by atoms with E-state index < -0.39 is 42.1 Å². The van der Waals surface area contributed by atoms with Crippen LogP contribution < -0.4 is 25.0 Å². The molecule has 3 aromatic carbocycles. The number of ether oxygens (including phenoxy) is 6. The number of fused-ring (bicyclic) bond motifs is 2. The van der Waals surface area contributed by atoms with Gasteiger partial charge in [0.2, 0.25) is 12.2 Å². The Hall–Kier alpha value is -8.82. The number of amides is 6. The van der Waals surface area contributed by atoms with Crippen molar-refractivity contribution in [1.29, 1.82) is 0 Å². The minimum Gasteiger partial charge on any atom is -0.491 e. The molecule has 25 nitrogen and oxygen atoms in total. The Bertz CT molecular complexity index is 3950. The van der Waals surface area contributed by atoms with Crippen LogP contribution in [0.5, 0.6) is 11.5 Å². The topological polar surface area (TPSA) is 313 Å². The molecule has 6 aromatic rings. The van der Waals surface area contributed by atoms with Crippen molar-refractivity contribution in [3.05, 3.63) is 114 Å². The fourth-order valence-corrected chi connectivity index (χ4v) is 17.1. The lowest BCUT2D eigenvalue weighted by molar-refractivity contribution is -0.248. The molecule has 0 radical (unpaired) electrons. The molecule has 0 spiro atoms. The standard InChI is InChI=1S/C71H83N9O16S/c1-44-51(50-19-20-52(74-62(50)64(87)88)46-16-15-45-11-10-25-78(54(45)31-46)66(89)76-65-75-53-12-7-8-13-57(53)97-65)35-73-80(44)43-70-38-68(2)37-69(3,39-70)41-71(40-68,42-70)94-28-26-77(4)67(90)93-36-47-17-18-49(34-55(47)95-61-33-48(81)32-56(96-61)63(85)86)92-30-29-91-27-23-72-58(82)14-6-5-9-24-79-59(83)21-22-60(79)84/h7-8,12-13,15-22,31,34-35,48,56,61,81H,5-6,9-11,14,23-30,32-33,36-43H2,1-4H3,(H,72,82)(H,85,86)(H,87,88)(H,75,76,89)/t48-,56-,61+,68?,69?,70?,71?/m0/s1. The second-order valence-corrected chi connectivity index (χ2v) is 28.6. The van der Waals surface area contributed by atoms with E-state index in [2.05, 4.69) is 29.5 Å². The van der Waals surface area contributed by atoms with Gasteiger partial charge in [-0.2, -0.15) is 5.10 Å². The second kappa shape index (κ2) is 28.7. The van der Waals surface area contributed by atoms with Crippen molar-refractivity contribution in [1.82, 2.24) is 34.9 Å². The minimum absolute atomic E-state index is 0.00691. The fraction of sp³-hybridized carbons (Fsp3) is 0.493. The second-order valence-electron chi connectivity index (χ2n) is 27.6. The number of hydrogen-bond acceptors (Lipinski definition) is 18. The average molecular weight is 1350 g/mol. The predicted molar refractivity (Wildman–Crippen MR) is 357 cm³/mol. The summed E-state index contributed by atoms with van der Waals surface area (Å²) >= 11 is 1.41. The zero-order chi connectivity index (χ0) is 68.2. The number of nitrogens with one attached hydrogen (secondary N) is 2. The molecule has 26 heteroatoms. The van der Waals surface area contributed by atoms with Crippen LogP contribution in [0, 0.1) is 23.2 Å². The number of thiazole rings is 1. The van der Waals surface area contributed by atoms with Gasteiger partial charge in [0.25, 0.3) is 11.8 Å². The summed E-state index contributed by atoms with van der Waals surface area (Å²) < 4.78 is 39.4. The number of anilines is 2. The van der Waals surface area contributed by atoms with Crippen LogP contribution in [0.4, 0.5) is 20.4 Å². The predicted octanol–water partition coefficient (Wildman–Crippen LogP) is 9.94. The molecule has 5 N–H and O–H groups in total. The zero-order valence-corrected chi connectivity index (χ0v) is 55.9. The first kappa shape index (κ1) is 68.1. The van der Waals surface area contributed by atoms with Gasteiger partial charge in [0.05, 0.1) is 53.6 Å². The van der Waals surface area contributed by atoms with Crippen LogP contribution in [0.25, 0.3) is 32.6 Å². The number of para-hydroxylation sites is 1. The van der Waals surface area contributed by atoms with Crippen LogP contribution >= 0.6 is 11.3 Å². The Morgan fingerprint density at radius 3 is 2.41 bits per heavy atom. The number of aryl methyl sites for hydroxylation is 1. The number of hydrogen-bond donors (Lipinski definition) is 5. The van der Waals surface area contributed by atoms with E-state index in [0.717, 1.165) is 78.5 Å². The summed E-state index contributed by atoms with van der Waals surface area (Å²) in [5.74, 6) is -2.63. The van der Waals surface area contributed by atoms with Gasteiger partial charge in [-0.1, -0.05) is 55.9 Å². The largest absolute Gasteiger partial charge is 0.491 e. The molecule has 5 atom stereocenters. The lowest BCUT2D eigenvalue weighted by atomic mass is 9.39. The third kappa shape index (κ3) is 15.8.